The zero-order valence-corrected chi connectivity index (χ0v) is 34.0. The van der Waals surface area contributed by atoms with E-state index >= 15 is 0 Å². The van der Waals surface area contributed by atoms with E-state index in [-0.39, 0.29) is 44.2 Å². The van der Waals surface area contributed by atoms with Crippen molar-refractivity contribution in [3.63, 3.8) is 0 Å². The number of aromatic nitrogens is 1. The Bertz CT molecular complexity index is 1860. The number of benzene rings is 2. The Hall–Kier alpha value is -5.41. The van der Waals surface area contributed by atoms with Crippen LogP contribution in [0.1, 0.15) is 63.6 Å². The van der Waals surface area contributed by atoms with Gasteiger partial charge in [0, 0.05) is 31.9 Å². The minimum absolute atomic E-state index is 0.0912. The monoisotopic (exact) mass is 787 g/mol. The van der Waals surface area contributed by atoms with Gasteiger partial charge in [0.05, 0.1) is 31.5 Å². The average molecular weight is 788 g/mol. The molecule has 0 aliphatic carbocycles. The number of rotatable bonds is 17. The molecule has 0 radical (unpaired) electrons. The first-order valence-electron chi connectivity index (χ1n) is 19.5. The molecule has 2 aliphatic rings. The van der Waals surface area contributed by atoms with E-state index in [4.69, 9.17) is 14.2 Å². The highest BCUT2D eigenvalue weighted by molar-refractivity contribution is 5.88. The molecule has 5 rings (SSSR count). The van der Waals surface area contributed by atoms with Crippen LogP contribution in [-0.4, -0.2) is 107 Å². The van der Waals surface area contributed by atoms with E-state index in [9.17, 15) is 24.3 Å². The van der Waals surface area contributed by atoms with Gasteiger partial charge in [-0.25, -0.2) is 14.6 Å². The molecule has 0 spiro atoms. The van der Waals surface area contributed by atoms with Crippen LogP contribution in [0.15, 0.2) is 66.7 Å². The summed E-state index contributed by atoms with van der Waals surface area (Å²) >= 11 is 0. The molecule has 2 aromatic carbocycles. The Kier molecular flexibility index (Phi) is 14.4. The molecular formula is C42H57N7O8. The number of pyridine rings is 1. The van der Waals surface area contributed by atoms with Crippen LogP contribution in [-0.2, 0) is 33.8 Å². The van der Waals surface area contributed by atoms with Gasteiger partial charge in [0.1, 0.15) is 12.1 Å². The number of nitrogens with one attached hydrogen (secondary N) is 3. The van der Waals surface area contributed by atoms with Gasteiger partial charge in [0.2, 0.25) is 12.7 Å². The summed E-state index contributed by atoms with van der Waals surface area (Å²) in [6.45, 7) is 12.5. The van der Waals surface area contributed by atoms with Crippen LogP contribution in [0.4, 0.5) is 9.59 Å². The fraction of sp³-hybridized carbons (Fsp3) is 0.500. The number of urea groups is 1. The molecule has 5 unspecified atom stereocenters. The molecule has 5 atom stereocenters. The van der Waals surface area contributed by atoms with Crippen LogP contribution in [0.5, 0.6) is 11.5 Å². The van der Waals surface area contributed by atoms with Crippen molar-refractivity contribution >= 4 is 23.9 Å². The number of amides is 5. The molecule has 3 aromatic rings. The number of alkyl carbamates (subject to hydrolysis) is 1. The van der Waals surface area contributed by atoms with E-state index < -0.39 is 41.6 Å². The van der Waals surface area contributed by atoms with Gasteiger partial charge in [-0.15, -0.1) is 0 Å². The zero-order valence-electron chi connectivity index (χ0n) is 34.0. The Morgan fingerprint density at radius 1 is 0.965 bits per heavy atom. The number of hydrogen-bond donors (Lipinski definition) is 4. The predicted molar refractivity (Wildman–Crippen MR) is 213 cm³/mol. The second-order valence-corrected chi connectivity index (χ2v) is 15.8. The molecular weight excluding hydrogens is 731 g/mol. The lowest BCUT2D eigenvalue weighted by molar-refractivity contribution is -0.132. The van der Waals surface area contributed by atoms with Gasteiger partial charge < -0.3 is 39.8 Å². The molecule has 1 fully saturated rings. The second-order valence-electron chi connectivity index (χ2n) is 15.8. The average Bonchev–Trinajstić information content (AvgIpc) is 3.79. The SMILES string of the molecule is CCC(C)C(C(=O)NC(Cc1ccccc1)C(O)CN(Cc1ccc2c(c1)OCO2)NC(=O)C(NC(=O)OC)C(C)(C)C)N1CCN(Cc2cccc(C)n2)C1=O. The van der Waals surface area contributed by atoms with E-state index in [1.165, 1.54) is 7.11 Å². The predicted octanol–water partition coefficient (Wildman–Crippen LogP) is 4.16. The highest BCUT2D eigenvalue weighted by Crippen LogP contribution is 2.33. The van der Waals surface area contributed by atoms with Crippen LogP contribution in [0.25, 0.3) is 0 Å². The number of methoxy groups -OCH3 is 1. The Morgan fingerprint density at radius 3 is 2.39 bits per heavy atom. The topological polar surface area (TPSA) is 175 Å². The molecule has 15 heteroatoms. The standard InChI is InChI=1S/C42H57N7O8/c1-8-27(2)36(49-20-19-47(41(49)54)24-31-16-12-13-28(3)43-31)38(51)44-32(21-29-14-10-9-11-15-29)33(50)25-48(23-30-17-18-34-35(22-30)57-26-56-34)46-39(52)37(42(4,5)6)45-40(53)55-7/h9-18,22,27,32-33,36-37,50H,8,19-21,23-26H2,1-7H3,(H,44,51)(H,45,53)(H,46,52). The van der Waals surface area contributed by atoms with Crippen LogP contribution in [0, 0.1) is 18.3 Å². The molecule has 4 N–H and O–H groups in total. The van der Waals surface area contributed by atoms with Crippen molar-refractivity contribution in [1.82, 2.24) is 35.9 Å². The summed E-state index contributed by atoms with van der Waals surface area (Å²) in [6, 6.07) is 17.7. The Labute approximate surface area is 335 Å². The summed E-state index contributed by atoms with van der Waals surface area (Å²) in [7, 11) is 1.22. The summed E-state index contributed by atoms with van der Waals surface area (Å²) in [6.07, 6.45) is -1.08. The molecule has 1 saturated heterocycles. The molecule has 2 aliphatic heterocycles. The fourth-order valence-electron chi connectivity index (χ4n) is 7.07. The number of hydrogen-bond acceptors (Lipinski definition) is 10. The van der Waals surface area contributed by atoms with Crippen LogP contribution >= 0.6 is 0 Å². The number of nitrogens with zero attached hydrogens (tertiary/aromatic N) is 4. The number of ether oxygens (including phenoxy) is 3. The largest absolute Gasteiger partial charge is 0.454 e. The molecule has 15 nitrogen and oxygen atoms in total. The van der Waals surface area contributed by atoms with Crippen molar-refractivity contribution in [3.8, 4) is 11.5 Å². The van der Waals surface area contributed by atoms with Crippen molar-refractivity contribution < 1.29 is 38.5 Å². The first-order chi connectivity index (χ1) is 27.2. The van der Waals surface area contributed by atoms with Crippen molar-refractivity contribution in [1.29, 1.82) is 0 Å². The van der Waals surface area contributed by atoms with Crippen molar-refractivity contribution in [2.75, 3.05) is 33.5 Å². The molecule has 0 bridgehead atoms. The molecule has 308 valence electrons. The summed E-state index contributed by atoms with van der Waals surface area (Å²) in [4.78, 5) is 62.4. The number of aryl methyl sites for hydroxylation is 1. The van der Waals surface area contributed by atoms with Gasteiger partial charge in [-0.1, -0.05) is 83.5 Å². The van der Waals surface area contributed by atoms with E-state index in [0.29, 0.717) is 37.6 Å². The maximum atomic E-state index is 14.5. The minimum atomic E-state index is -1.22. The van der Waals surface area contributed by atoms with Crippen LogP contribution < -0.4 is 25.5 Å². The highest BCUT2D eigenvalue weighted by Gasteiger charge is 2.41. The van der Waals surface area contributed by atoms with E-state index in [0.717, 1.165) is 22.5 Å². The highest BCUT2D eigenvalue weighted by atomic mass is 16.7. The molecule has 3 heterocycles. The molecule has 0 saturated carbocycles. The summed E-state index contributed by atoms with van der Waals surface area (Å²) in [5.41, 5.74) is 5.45. The van der Waals surface area contributed by atoms with E-state index in [1.54, 1.807) is 26.9 Å². The summed E-state index contributed by atoms with van der Waals surface area (Å²) in [5, 5.41) is 19.4. The summed E-state index contributed by atoms with van der Waals surface area (Å²) in [5.74, 6) is 0.0416. The quantitative estimate of drug-likeness (QED) is 0.146. The number of carbonyl (C=O) groups is 4. The van der Waals surface area contributed by atoms with Gasteiger partial charge in [-0.3, -0.25) is 20.0 Å². The lowest BCUT2D eigenvalue weighted by atomic mass is 9.86. The van der Waals surface area contributed by atoms with Gasteiger partial charge in [0.15, 0.2) is 11.5 Å². The molecule has 57 heavy (non-hydrogen) atoms. The Balaban J connectivity index is 1.40. The maximum absolute atomic E-state index is 14.5. The fourth-order valence-corrected chi connectivity index (χ4v) is 7.07. The third-order valence-corrected chi connectivity index (χ3v) is 10.4. The number of fused-ring (bicyclic) bond motifs is 1. The Morgan fingerprint density at radius 2 is 1.70 bits per heavy atom. The zero-order chi connectivity index (χ0) is 41.3. The first-order valence-corrected chi connectivity index (χ1v) is 19.5. The van der Waals surface area contributed by atoms with Gasteiger partial charge >= 0.3 is 12.1 Å². The van der Waals surface area contributed by atoms with Crippen LogP contribution in [0.3, 0.4) is 0 Å². The first kappa shape index (κ1) is 42.7. The van der Waals surface area contributed by atoms with Gasteiger partial charge in [-0.2, -0.15) is 0 Å². The lowest BCUT2D eigenvalue weighted by Crippen LogP contribution is -2.60. The third kappa shape index (κ3) is 11.3. The van der Waals surface area contributed by atoms with Gasteiger partial charge in [0.25, 0.3) is 5.91 Å². The number of aliphatic hydroxyl groups is 1. The normalized spacial score (nSPS) is 16.5. The molecule has 1 aromatic heterocycles. The summed E-state index contributed by atoms with van der Waals surface area (Å²) < 4.78 is 15.9. The van der Waals surface area contributed by atoms with Gasteiger partial charge in [-0.05, 0) is 60.1 Å². The van der Waals surface area contributed by atoms with Crippen molar-refractivity contribution in [2.24, 2.45) is 11.3 Å². The third-order valence-electron chi connectivity index (χ3n) is 10.4. The molecule has 5 amide bonds. The van der Waals surface area contributed by atoms with Crippen molar-refractivity contribution in [2.45, 2.75) is 91.7 Å². The van der Waals surface area contributed by atoms with Crippen molar-refractivity contribution in [3.05, 3.63) is 89.2 Å². The van der Waals surface area contributed by atoms with E-state index in [1.807, 2.05) is 96.1 Å². The number of hydrazine groups is 1. The van der Waals surface area contributed by atoms with E-state index in [2.05, 4.69) is 21.0 Å². The number of aliphatic hydroxyl groups excluding tert-OH is 1. The number of carbonyl (C=O) groups excluding carboxylic acids is 4. The maximum Gasteiger partial charge on any atom is 0.407 e. The minimum Gasteiger partial charge on any atom is -0.454 e. The van der Waals surface area contributed by atoms with Crippen LogP contribution in [0.2, 0.25) is 0 Å². The second kappa shape index (κ2) is 19.2. The lowest BCUT2D eigenvalue weighted by Gasteiger charge is -2.36. The smallest absolute Gasteiger partial charge is 0.407 e.